The number of hydrogen-bond acceptors (Lipinski definition) is 3. The molecular formula is C28H29N5S. The summed E-state index contributed by atoms with van der Waals surface area (Å²) in [6, 6.07) is 21.3. The van der Waals surface area contributed by atoms with Crippen LogP contribution >= 0.6 is 12.2 Å². The first-order chi connectivity index (χ1) is 16.6. The Morgan fingerprint density at radius 2 is 1.71 bits per heavy atom. The number of aromatic nitrogens is 3. The molecule has 5 rings (SSSR count). The van der Waals surface area contributed by atoms with Gasteiger partial charge in [-0.05, 0) is 91.6 Å². The predicted octanol–water partition coefficient (Wildman–Crippen LogP) is 5.62. The molecule has 1 saturated heterocycles. The Morgan fingerprint density at radius 1 is 0.941 bits per heavy atom. The van der Waals surface area contributed by atoms with E-state index in [2.05, 4.69) is 81.9 Å². The summed E-state index contributed by atoms with van der Waals surface area (Å²) in [6.45, 7) is 7.27. The van der Waals surface area contributed by atoms with Gasteiger partial charge in [0, 0.05) is 42.2 Å². The molecule has 4 aromatic rings. The van der Waals surface area contributed by atoms with Crippen LogP contribution in [0.4, 0.5) is 0 Å². The summed E-state index contributed by atoms with van der Waals surface area (Å²) < 4.78 is 2.34. The van der Waals surface area contributed by atoms with Gasteiger partial charge in [-0.3, -0.25) is 9.97 Å². The number of nitrogens with zero attached hydrogens (tertiary/aromatic N) is 4. The molecule has 1 aliphatic heterocycles. The average molecular weight is 468 g/mol. The van der Waals surface area contributed by atoms with Crippen molar-refractivity contribution < 1.29 is 0 Å². The number of benzene rings is 1. The maximum absolute atomic E-state index is 5.86. The van der Waals surface area contributed by atoms with Crippen molar-refractivity contribution in [2.24, 2.45) is 0 Å². The van der Waals surface area contributed by atoms with Crippen molar-refractivity contribution in [3.05, 3.63) is 113 Å². The lowest BCUT2D eigenvalue weighted by Crippen LogP contribution is -2.29. The highest BCUT2D eigenvalue weighted by molar-refractivity contribution is 7.80. The molecule has 1 aromatic carbocycles. The lowest BCUT2D eigenvalue weighted by atomic mass is 9.96. The highest BCUT2D eigenvalue weighted by Gasteiger charge is 2.41. The van der Waals surface area contributed by atoms with Gasteiger partial charge in [0.15, 0.2) is 5.11 Å². The van der Waals surface area contributed by atoms with E-state index >= 15 is 0 Å². The van der Waals surface area contributed by atoms with Gasteiger partial charge in [-0.2, -0.15) is 0 Å². The van der Waals surface area contributed by atoms with Gasteiger partial charge in [-0.1, -0.05) is 25.1 Å². The fourth-order valence-electron chi connectivity index (χ4n) is 4.96. The molecular weight excluding hydrogens is 438 g/mol. The Balaban J connectivity index is 1.60. The average Bonchev–Trinajstić information content (AvgIpc) is 3.35. The SMILES string of the molecule is CCc1ccc(-n2c(C)cc(C3C(c4ccccn4)NC(=S)N3Cc3ccncc3)c2C)cc1. The molecule has 0 aliphatic carbocycles. The van der Waals surface area contributed by atoms with Crippen molar-refractivity contribution in [3.8, 4) is 5.69 Å². The second kappa shape index (κ2) is 9.39. The maximum atomic E-state index is 5.86. The van der Waals surface area contributed by atoms with Crippen LogP contribution in [0.2, 0.25) is 0 Å². The molecule has 2 unspecified atom stereocenters. The summed E-state index contributed by atoms with van der Waals surface area (Å²) in [5, 5.41) is 4.31. The van der Waals surface area contributed by atoms with Crippen LogP contribution in [0.3, 0.4) is 0 Å². The smallest absolute Gasteiger partial charge is 0.170 e. The first-order valence-corrected chi connectivity index (χ1v) is 12.1. The van der Waals surface area contributed by atoms with E-state index in [1.807, 2.05) is 42.9 Å². The van der Waals surface area contributed by atoms with Gasteiger partial charge >= 0.3 is 0 Å². The standard InChI is InChI=1S/C28H29N5S/c1-4-21-8-10-23(11-9-21)33-19(2)17-24(20(33)3)27-26(25-7-5-6-14-30-25)31-28(34)32(27)18-22-12-15-29-16-13-22/h5-17,26-27H,4,18H2,1-3H3,(H,31,34). The first-order valence-electron chi connectivity index (χ1n) is 11.7. The second-order valence-electron chi connectivity index (χ2n) is 8.79. The minimum Gasteiger partial charge on any atom is -0.352 e. The lowest BCUT2D eigenvalue weighted by Gasteiger charge is -2.28. The summed E-state index contributed by atoms with van der Waals surface area (Å²) in [5.74, 6) is 0. The van der Waals surface area contributed by atoms with Crippen molar-refractivity contribution in [2.75, 3.05) is 0 Å². The van der Waals surface area contributed by atoms with Crippen LogP contribution in [0.25, 0.3) is 5.69 Å². The molecule has 0 bridgehead atoms. The van der Waals surface area contributed by atoms with Crippen LogP contribution in [-0.4, -0.2) is 24.5 Å². The van der Waals surface area contributed by atoms with E-state index < -0.39 is 0 Å². The van der Waals surface area contributed by atoms with Crippen LogP contribution in [0.15, 0.2) is 79.3 Å². The van der Waals surface area contributed by atoms with Gasteiger partial charge in [-0.15, -0.1) is 0 Å². The minimum absolute atomic E-state index is 0.0189. The van der Waals surface area contributed by atoms with Crippen LogP contribution < -0.4 is 5.32 Å². The zero-order valence-corrected chi connectivity index (χ0v) is 20.6. The van der Waals surface area contributed by atoms with Crippen molar-refractivity contribution in [3.63, 3.8) is 0 Å². The third-order valence-electron chi connectivity index (χ3n) is 6.69. The van der Waals surface area contributed by atoms with Crippen molar-refractivity contribution >= 4 is 17.3 Å². The van der Waals surface area contributed by atoms with E-state index in [4.69, 9.17) is 12.2 Å². The molecule has 0 spiro atoms. The molecule has 0 radical (unpaired) electrons. The molecule has 1 N–H and O–H groups in total. The molecule has 0 saturated carbocycles. The second-order valence-corrected chi connectivity index (χ2v) is 9.18. The van der Waals surface area contributed by atoms with Crippen LogP contribution in [0.1, 0.15) is 52.8 Å². The first kappa shape index (κ1) is 22.3. The van der Waals surface area contributed by atoms with E-state index in [1.54, 1.807) is 0 Å². The van der Waals surface area contributed by atoms with E-state index in [-0.39, 0.29) is 12.1 Å². The summed E-state index contributed by atoms with van der Waals surface area (Å²) in [5.41, 5.74) is 8.38. The van der Waals surface area contributed by atoms with Crippen LogP contribution in [0, 0.1) is 13.8 Å². The number of rotatable bonds is 6. The molecule has 34 heavy (non-hydrogen) atoms. The highest BCUT2D eigenvalue weighted by atomic mass is 32.1. The van der Waals surface area contributed by atoms with Crippen molar-refractivity contribution in [1.82, 2.24) is 24.8 Å². The summed E-state index contributed by atoms with van der Waals surface area (Å²) in [7, 11) is 0. The normalized spacial score (nSPS) is 17.7. The molecule has 2 atom stereocenters. The van der Waals surface area contributed by atoms with E-state index in [0.717, 1.165) is 17.2 Å². The summed E-state index contributed by atoms with van der Waals surface area (Å²) in [4.78, 5) is 11.1. The van der Waals surface area contributed by atoms with Gasteiger partial charge in [0.1, 0.15) is 0 Å². The third kappa shape index (κ3) is 4.10. The Hall–Kier alpha value is -3.51. The van der Waals surface area contributed by atoms with Crippen LogP contribution in [0.5, 0.6) is 0 Å². The summed E-state index contributed by atoms with van der Waals surface area (Å²) >= 11 is 5.86. The molecule has 4 heterocycles. The molecule has 3 aromatic heterocycles. The Bertz CT molecular complexity index is 1280. The number of aryl methyl sites for hydroxylation is 2. The van der Waals surface area contributed by atoms with E-state index in [1.165, 1.54) is 33.8 Å². The van der Waals surface area contributed by atoms with E-state index in [0.29, 0.717) is 6.54 Å². The van der Waals surface area contributed by atoms with Gasteiger partial charge in [0.05, 0.1) is 17.8 Å². The number of thiocarbonyl (C=S) groups is 1. The highest BCUT2D eigenvalue weighted by Crippen LogP contribution is 2.42. The number of nitrogens with one attached hydrogen (secondary N) is 1. The van der Waals surface area contributed by atoms with Gasteiger partial charge in [-0.25, -0.2) is 0 Å². The lowest BCUT2D eigenvalue weighted by molar-refractivity contribution is 0.310. The number of hydrogen-bond donors (Lipinski definition) is 1. The third-order valence-corrected chi connectivity index (χ3v) is 7.04. The topological polar surface area (TPSA) is 46.0 Å². The van der Waals surface area contributed by atoms with Crippen LogP contribution in [-0.2, 0) is 13.0 Å². The fourth-order valence-corrected chi connectivity index (χ4v) is 5.27. The Labute approximate surface area is 206 Å². The predicted molar refractivity (Wildman–Crippen MR) is 140 cm³/mol. The zero-order valence-electron chi connectivity index (χ0n) is 19.8. The minimum atomic E-state index is -0.0352. The van der Waals surface area contributed by atoms with E-state index in [9.17, 15) is 0 Å². The molecule has 6 heteroatoms. The zero-order chi connectivity index (χ0) is 23.7. The quantitative estimate of drug-likeness (QED) is 0.373. The van der Waals surface area contributed by atoms with Crippen molar-refractivity contribution in [2.45, 2.75) is 45.8 Å². The molecule has 5 nitrogen and oxygen atoms in total. The Kier molecular flexibility index (Phi) is 6.16. The van der Waals surface area contributed by atoms with Crippen molar-refractivity contribution in [1.29, 1.82) is 0 Å². The monoisotopic (exact) mass is 467 g/mol. The maximum Gasteiger partial charge on any atom is 0.170 e. The fraction of sp³-hybridized carbons (Fsp3) is 0.250. The van der Waals surface area contributed by atoms with Gasteiger partial charge in [0.2, 0.25) is 0 Å². The number of pyridine rings is 2. The van der Waals surface area contributed by atoms with Gasteiger partial charge in [0.25, 0.3) is 0 Å². The molecule has 1 fully saturated rings. The Morgan fingerprint density at radius 3 is 2.38 bits per heavy atom. The molecule has 1 aliphatic rings. The largest absolute Gasteiger partial charge is 0.352 e. The summed E-state index contributed by atoms with van der Waals surface area (Å²) in [6.07, 6.45) is 6.55. The van der Waals surface area contributed by atoms with Gasteiger partial charge < -0.3 is 14.8 Å². The molecule has 172 valence electrons. The molecule has 0 amide bonds.